The van der Waals surface area contributed by atoms with E-state index in [1.54, 1.807) is 12.3 Å². The fourth-order valence-corrected chi connectivity index (χ4v) is 3.66. The molecular formula is C20H20BrN5O2. The number of amides is 1. The minimum Gasteiger partial charge on any atom is -0.419 e. The Hall–Kier alpha value is -2.58. The number of nitrogens with one attached hydrogen (secondary N) is 1. The fourth-order valence-electron chi connectivity index (χ4n) is 3.27. The molecule has 7 nitrogen and oxygen atoms in total. The Morgan fingerprint density at radius 2 is 2.04 bits per heavy atom. The molecule has 1 aliphatic heterocycles. The van der Waals surface area contributed by atoms with Gasteiger partial charge in [0.05, 0.1) is 6.54 Å². The number of likely N-dealkylation sites (tertiary alicyclic amines) is 1. The maximum atomic E-state index is 12.4. The topological polar surface area (TPSA) is 84.2 Å². The highest BCUT2D eigenvalue weighted by Crippen LogP contribution is 2.24. The van der Waals surface area contributed by atoms with Gasteiger partial charge in [-0.3, -0.25) is 9.69 Å². The van der Waals surface area contributed by atoms with E-state index in [2.05, 4.69) is 41.3 Å². The second-order valence-electron chi connectivity index (χ2n) is 6.77. The van der Waals surface area contributed by atoms with Gasteiger partial charge in [0.25, 0.3) is 0 Å². The summed E-state index contributed by atoms with van der Waals surface area (Å²) in [7, 11) is 0. The van der Waals surface area contributed by atoms with Gasteiger partial charge in [0.2, 0.25) is 17.7 Å². The zero-order valence-electron chi connectivity index (χ0n) is 15.2. The summed E-state index contributed by atoms with van der Waals surface area (Å²) in [5, 5.41) is 11.2. The molecule has 8 heteroatoms. The number of benzene rings is 1. The molecule has 4 rings (SSSR count). The second-order valence-corrected chi connectivity index (χ2v) is 7.68. The van der Waals surface area contributed by atoms with Crippen molar-refractivity contribution >= 4 is 27.7 Å². The standard InChI is InChI=1S/C20H20BrN5O2/c21-16-5-3-4-15(12-16)20-25-24-18(28-20)13-26-10-7-14(8-11-26)19(27)23-17-6-1-2-9-22-17/h1-6,9,12,14H,7-8,10-11,13H2,(H,22,23,27). The van der Waals surface area contributed by atoms with E-state index in [4.69, 9.17) is 4.42 Å². The minimum atomic E-state index is -0.00169. The molecule has 0 spiro atoms. The number of pyridine rings is 1. The third-order valence-corrected chi connectivity index (χ3v) is 5.27. The van der Waals surface area contributed by atoms with Crippen molar-refractivity contribution in [2.24, 2.45) is 5.92 Å². The number of piperidine rings is 1. The van der Waals surface area contributed by atoms with Gasteiger partial charge in [-0.2, -0.15) is 0 Å². The van der Waals surface area contributed by atoms with Crippen LogP contribution in [0.3, 0.4) is 0 Å². The van der Waals surface area contributed by atoms with Gasteiger partial charge in [-0.15, -0.1) is 10.2 Å². The molecule has 144 valence electrons. The van der Waals surface area contributed by atoms with Gasteiger partial charge in [-0.25, -0.2) is 4.98 Å². The van der Waals surface area contributed by atoms with Gasteiger partial charge < -0.3 is 9.73 Å². The van der Waals surface area contributed by atoms with Gasteiger partial charge in [-0.05, 0) is 56.3 Å². The monoisotopic (exact) mass is 441 g/mol. The minimum absolute atomic E-state index is 0.00169. The smallest absolute Gasteiger partial charge is 0.247 e. The van der Waals surface area contributed by atoms with Crippen molar-refractivity contribution in [3.8, 4) is 11.5 Å². The van der Waals surface area contributed by atoms with Gasteiger partial charge in [0.15, 0.2) is 0 Å². The number of nitrogens with zero attached hydrogens (tertiary/aromatic N) is 4. The van der Waals surface area contributed by atoms with E-state index in [0.717, 1.165) is 36.0 Å². The highest BCUT2D eigenvalue weighted by molar-refractivity contribution is 9.10. The normalized spacial score (nSPS) is 15.5. The molecule has 1 fully saturated rings. The molecule has 1 aromatic carbocycles. The lowest BCUT2D eigenvalue weighted by atomic mass is 9.96. The molecule has 1 N–H and O–H groups in total. The van der Waals surface area contributed by atoms with Gasteiger partial charge in [0.1, 0.15) is 5.82 Å². The van der Waals surface area contributed by atoms with Crippen LogP contribution < -0.4 is 5.32 Å². The van der Waals surface area contributed by atoms with Crippen LogP contribution in [-0.2, 0) is 11.3 Å². The maximum Gasteiger partial charge on any atom is 0.247 e. The molecule has 28 heavy (non-hydrogen) atoms. The average molecular weight is 442 g/mol. The van der Waals surface area contributed by atoms with Crippen LogP contribution in [-0.4, -0.2) is 39.1 Å². The molecule has 0 radical (unpaired) electrons. The highest BCUT2D eigenvalue weighted by Gasteiger charge is 2.26. The molecule has 0 saturated carbocycles. The molecule has 0 atom stereocenters. The Kier molecular flexibility index (Phi) is 5.78. The fraction of sp³-hybridized carbons (Fsp3) is 0.300. The Bertz CT molecular complexity index is 939. The molecular weight excluding hydrogens is 422 g/mol. The number of hydrogen-bond acceptors (Lipinski definition) is 6. The van der Waals surface area contributed by atoms with E-state index in [-0.39, 0.29) is 11.8 Å². The molecule has 0 aliphatic carbocycles. The number of carbonyl (C=O) groups excluding carboxylic acids is 1. The lowest BCUT2D eigenvalue weighted by Gasteiger charge is -2.30. The van der Waals surface area contributed by atoms with Crippen molar-refractivity contribution < 1.29 is 9.21 Å². The average Bonchev–Trinajstić information content (AvgIpc) is 3.18. The molecule has 0 unspecified atom stereocenters. The van der Waals surface area contributed by atoms with Crippen molar-refractivity contribution in [1.82, 2.24) is 20.1 Å². The molecule has 1 amide bonds. The van der Waals surface area contributed by atoms with Crippen LogP contribution in [0.25, 0.3) is 11.5 Å². The third kappa shape index (κ3) is 4.63. The van der Waals surface area contributed by atoms with Crippen molar-refractivity contribution in [3.05, 3.63) is 59.0 Å². The lowest BCUT2D eigenvalue weighted by molar-refractivity contribution is -0.121. The summed E-state index contributed by atoms with van der Waals surface area (Å²) < 4.78 is 6.78. The predicted octanol–water partition coefficient (Wildman–Crippen LogP) is 3.74. The van der Waals surface area contributed by atoms with Crippen LogP contribution in [0, 0.1) is 5.92 Å². The SMILES string of the molecule is O=C(Nc1ccccn1)C1CCN(Cc2nnc(-c3cccc(Br)c3)o2)CC1. The summed E-state index contributed by atoms with van der Waals surface area (Å²) in [5.74, 6) is 1.74. The van der Waals surface area contributed by atoms with Gasteiger partial charge >= 0.3 is 0 Å². The molecule has 1 saturated heterocycles. The summed E-state index contributed by atoms with van der Waals surface area (Å²) in [6.45, 7) is 2.22. The lowest BCUT2D eigenvalue weighted by Crippen LogP contribution is -2.37. The van der Waals surface area contributed by atoms with Crippen molar-refractivity contribution in [3.63, 3.8) is 0 Å². The predicted molar refractivity (Wildman–Crippen MR) is 108 cm³/mol. The Morgan fingerprint density at radius 3 is 2.79 bits per heavy atom. The van der Waals surface area contributed by atoms with Crippen LogP contribution in [0.2, 0.25) is 0 Å². The van der Waals surface area contributed by atoms with Crippen LogP contribution >= 0.6 is 15.9 Å². The number of hydrogen-bond donors (Lipinski definition) is 1. The summed E-state index contributed by atoms with van der Waals surface area (Å²) in [5.41, 5.74) is 0.887. The first-order chi connectivity index (χ1) is 13.7. The van der Waals surface area contributed by atoms with Crippen molar-refractivity contribution in [2.45, 2.75) is 19.4 Å². The van der Waals surface area contributed by atoms with Gasteiger partial charge in [-0.1, -0.05) is 28.1 Å². The zero-order valence-corrected chi connectivity index (χ0v) is 16.8. The maximum absolute atomic E-state index is 12.4. The summed E-state index contributed by atoms with van der Waals surface area (Å²) in [6, 6.07) is 13.3. The first kappa shape index (κ1) is 18.8. The Morgan fingerprint density at radius 1 is 1.18 bits per heavy atom. The Balaban J connectivity index is 1.29. The summed E-state index contributed by atoms with van der Waals surface area (Å²) >= 11 is 3.45. The summed E-state index contributed by atoms with van der Waals surface area (Å²) in [6.07, 6.45) is 3.27. The molecule has 3 heterocycles. The van der Waals surface area contributed by atoms with E-state index in [1.807, 2.05) is 36.4 Å². The van der Waals surface area contributed by atoms with Crippen molar-refractivity contribution in [2.75, 3.05) is 18.4 Å². The Labute approximate surface area is 171 Å². The third-order valence-electron chi connectivity index (χ3n) is 4.77. The highest BCUT2D eigenvalue weighted by atomic mass is 79.9. The quantitative estimate of drug-likeness (QED) is 0.648. The molecule has 0 bridgehead atoms. The number of rotatable bonds is 5. The molecule has 1 aliphatic rings. The van der Waals surface area contributed by atoms with Crippen LogP contribution in [0.5, 0.6) is 0 Å². The van der Waals surface area contributed by atoms with Crippen LogP contribution in [0.15, 0.2) is 57.6 Å². The van der Waals surface area contributed by atoms with Crippen LogP contribution in [0.4, 0.5) is 5.82 Å². The van der Waals surface area contributed by atoms with E-state index < -0.39 is 0 Å². The van der Waals surface area contributed by atoms with Gasteiger partial charge in [0, 0.05) is 22.2 Å². The number of aromatic nitrogens is 3. The molecule has 3 aromatic rings. The zero-order chi connectivity index (χ0) is 19.3. The number of carbonyl (C=O) groups is 1. The van der Waals surface area contributed by atoms with E-state index in [9.17, 15) is 4.79 Å². The number of halogens is 1. The van der Waals surface area contributed by atoms with Crippen molar-refractivity contribution in [1.29, 1.82) is 0 Å². The van der Waals surface area contributed by atoms with E-state index >= 15 is 0 Å². The first-order valence-electron chi connectivity index (χ1n) is 9.20. The largest absolute Gasteiger partial charge is 0.419 e. The second kappa shape index (κ2) is 8.62. The number of anilines is 1. The first-order valence-corrected chi connectivity index (χ1v) is 9.99. The summed E-state index contributed by atoms with van der Waals surface area (Å²) in [4.78, 5) is 18.8. The van der Waals surface area contributed by atoms with E-state index in [1.165, 1.54) is 0 Å². The molecule has 2 aromatic heterocycles. The van der Waals surface area contributed by atoms with E-state index in [0.29, 0.717) is 24.1 Å². The van der Waals surface area contributed by atoms with Crippen LogP contribution in [0.1, 0.15) is 18.7 Å².